The van der Waals surface area contributed by atoms with Gasteiger partial charge in [-0.15, -0.1) is 0 Å². The van der Waals surface area contributed by atoms with Crippen LogP contribution in [-0.4, -0.2) is 23.5 Å². The molecule has 2 aromatic rings. The van der Waals surface area contributed by atoms with Crippen LogP contribution in [0.15, 0.2) is 36.5 Å². The molecular formula is C15H17N3O. The molecule has 1 amide bonds. The van der Waals surface area contributed by atoms with E-state index >= 15 is 0 Å². The van der Waals surface area contributed by atoms with Gasteiger partial charge < -0.3 is 10.6 Å². The van der Waals surface area contributed by atoms with Gasteiger partial charge >= 0.3 is 0 Å². The summed E-state index contributed by atoms with van der Waals surface area (Å²) in [7, 11) is 0. The highest BCUT2D eigenvalue weighted by atomic mass is 16.2. The molecule has 0 unspecified atom stereocenters. The van der Waals surface area contributed by atoms with Crippen LogP contribution in [0.3, 0.4) is 0 Å². The third-order valence-electron chi connectivity index (χ3n) is 3.50. The van der Waals surface area contributed by atoms with Crippen LogP contribution in [0, 0.1) is 0 Å². The molecule has 3 rings (SSSR count). The van der Waals surface area contributed by atoms with E-state index in [2.05, 4.69) is 15.6 Å². The van der Waals surface area contributed by atoms with E-state index < -0.39 is 0 Å². The van der Waals surface area contributed by atoms with Crippen LogP contribution in [0.2, 0.25) is 0 Å². The number of rotatable bonds is 2. The summed E-state index contributed by atoms with van der Waals surface area (Å²) in [6.45, 7) is 0.930. The Kier molecular flexibility index (Phi) is 3.42. The number of aromatic nitrogens is 1. The van der Waals surface area contributed by atoms with Crippen molar-refractivity contribution in [1.82, 2.24) is 10.3 Å². The second-order valence-electron chi connectivity index (χ2n) is 4.90. The highest BCUT2D eigenvalue weighted by Gasteiger charge is 2.20. The van der Waals surface area contributed by atoms with Crippen LogP contribution < -0.4 is 10.6 Å². The third-order valence-corrected chi connectivity index (χ3v) is 3.50. The minimum atomic E-state index is -0.0571. The first-order chi connectivity index (χ1) is 9.33. The van der Waals surface area contributed by atoms with Crippen molar-refractivity contribution in [3.05, 3.63) is 36.5 Å². The van der Waals surface area contributed by atoms with Crippen molar-refractivity contribution in [2.24, 2.45) is 0 Å². The van der Waals surface area contributed by atoms with Gasteiger partial charge in [-0.2, -0.15) is 0 Å². The van der Waals surface area contributed by atoms with Crippen LogP contribution in [0.25, 0.3) is 10.9 Å². The lowest BCUT2D eigenvalue weighted by atomic mass is 10.0. The summed E-state index contributed by atoms with van der Waals surface area (Å²) in [5.74, 6) is 0.0583. The highest BCUT2D eigenvalue weighted by Crippen LogP contribution is 2.18. The molecule has 98 valence electrons. The maximum Gasteiger partial charge on any atom is 0.241 e. The van der Waals surface area contributed by atoms with Gasteiger partial charge in [0, 0.05) is 17.3 Å². The Morgan fingerprint density at radius 2 is 2.26 bits per heavy atom. The van der Waals surface area contributed by atoms with Crippen molar-refractivity contribution in [3.8, 4) is 0 Å². The average molecular weight is 255 g/mol. The van der Waals surface area contributed by atoms with Crippen molar-refractivity contribution in [1.29, 1.82) is 0 Å². The largest absolute Gasteiger partial charge is 0.325 e. The van der Waals surface area contributed by atoms with E-state index in [0.717, 1.165) is 42.4 Å². The van der Waals surface area contributed by atoms with Crippen molar-refractivity contribution in [2.45, 2.75) is 25.3 Å². The van der Waals surface area contributed by atoms with Gasteiger partial charge in [-0.05, 0) is 43.7 Å². The number of nitrogens with one attached hydrogen (secondary N) is 2. The molecule has 2 N–H and O–H groups in total. The number of amides is 1. The van der Waals surface area contributed by atoms with Crippen molar-refractivity contribution >= 4 is 22.5 Å². The Morgan fingerprint density at radius 1 is 1.32 bits per heavy atom. The molecule has 1 aliphatic heterocycles. The van der Waals surface area contributed by atoms with Crippen LogP contribution in [0.5, 0.6) is 0 Å². The first-order valence-corrected chi connectivity index (χ1v) is 6.72. The Morgan fingerprint density at radius 3 is 3.11 bits per heavy atom. The predicted molar refractivity (Wildman–Crippen MR) is 76.0 cm³/mol. The molecule has 1 aromatic carbocycles. The van der Waals surface area contributed by atoms with E-state index in [-0.39, 0.29) is 11.9 Å². The molecule has 1 aromatic heterocycles. The zero-order chi connectivity index (χ0) is 13.1. The summed E-state index contributed by atoms with van der Waals surface area (Å²) in [5, 5.41) is 7.27. The molecule has 0 aliphatic carbocycles. The normalized spacial score (nSPS) is 19.3. The highest BCUT2D eigenvalue weighted by molar-refractivity contribution is 5.96. The van der Waals surface area contributed by atoms with Crippen molar-refractivity contribution in [2.75, 3.05) is 11.9 Å². The fourth-order valence-electron chi connectivity index (χ4n) is 2.46. The molecule has 2 heterocycles. The van der Waals surface area contributed by atoms with E-state index in [1.165, 1.54) is 0 Å². The molecule has 0 saturated carbocycles. The Labute approximate surface area is 112 Å². The molecule has 1 aliphatic rings. The number of piperidine rings is 1. The maximum atomic E-state index is 12.1. The Hall–Kier alpha value is -1.94. The smallest absolute Gasteiger partial charge is 0.241 e. The average Bonchev–Trinajstić information content (AvgIpc) is 2.48. The SMILES string of the molecule is O=C(Nc1ccc2ncccc2c1)[C@@H]1CCCCN1. The lowest BCUT2D eigenvalue weighted by Crippen LogP contribution is -2.43. The first-order valence-electron chi connectivity index (χ1n) is 6.72. The number of hydrogen-bond acceptors (Lipinski definition) is 3. The van der Waals surface area contributed by atoms with Gasteiger partial charge in [0.2, 0.25) is 5.91 Å². The Bertz CT molecular complexity index is 591. The molecule has 19 heavy (non-hydrogen) atoms. The van der Waals surface area contributed by atoms with E-state index in [1.54, 1.807) is 6.20 Å². The number of nitrogens with zero attached hydrogens (tertiary/aromatic N) is 1. The summed E-state index contributed by atoms with van der Waals surface area (Å²) in [5.41, 5.74) is 1.77. The lowest BCUT2D eigenvalue weighted by Gasteiger charge is -2.22. The zero-order valence-corrected chi connectivity index (χ0v) is 10.7. The Balaban J connectivity index is 1.75. The number of carbonyl (C=O) groups is 1. The van der Waals surface area contributed by atoms with Gasteiger partial charge in [0.25, 0.3) is 0 Å². The number of benzene rings is 1. The molecule has 1 atom stereocenters. The van der Waals surface area contributed by atoms with E-state index in [1.807, 2.05) is 30.3 Å². The van der Waals surface area contributed by atoms with Gasteiger partial charge in [-0.1, -0.05) is 12.5 Å². The molecular weight excluding hydrogens is 238 g/mol. The van der Waals surface area contributed by atoms with Gasteiger partial charge in [0.1, 0.15) is 0 Å². The number of pyridine rings is 1. The molecule has 0 radical (unpaired) electrons. The second-order valence-corrected chi connectivity index (χ2v) is 4.90. The summed E-state index contributed by atoms with van der Waals surface area (Å²) in [6, 6.07) is 9.63. The van der Waals surface area contributed by atoms with Crippen molar-refractivity contribution < 1.29 is 4.79 Å². The number of anilines is 1. The standard InChI is InChI=1S/C15H17N3O/c19-15(14-5-1-2-8-17-14)18-12-6-7-13-11(10-12)4-3-9-16-13/h3-4,6-7,9-10,14,17H,1-2,5,8H2,(H,18,19)/t14-/m0/s1. The fraction of sp³-hybridized carbons (Fsp3) is 0.333. The lowest BCUT2D eigenvalue weighted by molar-refractivity contribution is -0.118. The van der Waals surface area contributed by atoms with Crippen LogP contribution in [0.1, 0.15) is 19.3 Å². The summed E-state index contributed by atoms with van der Waals surface area (Å²) < 4.78 is 0. The number of carbonyl (C=O) groups excluding carboxylic acids is 1. The van der Waals surface area contributed by atoms with E-state index in [0.29, 0.717) is 0 Å². The van der Waals surface area contributed by atoms with E-state index in [9.17, 15) is 4.79 Å². The van der Waals surface area contributed by atoms with Crippen LogP contribution in [0.4, 0.5) is 5.69 Å². The first kappa shape index (κ1) is 12.1. The van der Waals surface area contributed by atoms with Gasteiger partial charge in [-0.25, -0.2) is 0 Å². The monoisotopic (exact) mass is 255 g/mol. The second kappa shape index (κ2) is 5.36. The molecule has 1 fully saturated rings. The molecule has 4 nitrogen and oxygen atoms in total. The predicted octanol–water partition coefficient (Wildman–Crippen LogP) is 2.32. The van der Waals surface area contributed by atoms with Gasteiger partial charge in [-0.3, -0.25) is 9.78 Å². The topological polar surface area (TPSA) is 54.0 Å². The van der Waals surface area contributed by atoms with Crippen LogP contribution >= 0.6 is 0 Å². The van der Waals surface area contributed by atoms with Gasteiger partial charge in [0.15, 0.2) is 0 Å². The van der Waals surface area contributed by atoms with Crippen LogP contribution in [-0.2, 0) is 4.79 Å². The quantitative estimate of drug-likeness (QED) is 0.866. The van der Waals surface area contributed by atoms with E-state index in [4.69, 9.17) is 0 Å². The zero-order valence-electron chi connectivity index (χ0n) is 10.7. The fourth-order valence-corrected chi connectivity index (χ4v) is 2.46. The minimum Gasteiger partial charge on any atom is -0.325 e. The van der Waals surface area contributed by atoms with Crippen molar-refractivity contribution in [3.63, 3.8) is 0 Å². The third kappa shape index (κ3) is 2.74. The summed E-state index contributed by atoms with van der Waals surface area (Å²) in [4.78, 5) is 16.4. The summed E-state index contributed by atoms with van der Waals surface area (Å²) >= 11 is 0. The molecule has 0 spiro atoms. The molecule has 4 heteroatoms. The maximum absolute atomic E-state index is 12.1. The number of hydrogen-bond donors (Lipinski definition) is 2. The van der Waals surface area contributed by atoms with Gasteiger partial charge in [0.05, 0.1) is 11.6 Å². The number of fused-ring (bicyclic) bond motifs is 1. The summed E-state index contributed by atoms with van der Waals surface area (Å²) in [6.07, 6.45) is 4.96. The molecule has 0 bridgehead atoms. The minimum absolute atomic E-state index is 0.0571. The molecule has 1 saturated heterocycles.